The molecule has 0 radical (unpaired) electrons. The maximum absolute atomic E-state index is 12.7. The van der Waals surface area contributed by atoms with Crippen molar-refractivity contribution in [2.24, 2.45) is 0 Å². The van der Waals surface area contributed by atoms with E-state index < -0.39 is 10.0 Å². The molecule has 0 bridgehead atoms. The fourth-order valence-corrected chi connectivity index (χ4v) is 4.44. The van der Waals surface area contributed by atoms with Gasteiger partial charge in [-0.25, -0.2) is 13.1 Å². The van der Waals surface area contributed by atoms with Gasteiger partial charge in [0.15, 0.2) is 11.6 Å². The van der Waals surface area contributed by atoms with Crippen molar-refractivity contribution in [3.63, 3.8) is 0 Å². The Bertz CT molecular complexity index is 951. The van der Waals surface area contributed by atoms with Gasteiger partial charge in [-0.05, 0) is 24.0 Å². The standard InChI is InChI=1S/C18H17NO4S2/c1-2-24-10-9-19-25(22,23)12-7-8-15-16(11-12)18(21)14-6-4-3-5-13(14)17(15)20/h3-8,11,19H,2,9-10H2,1H3. The van der Waals surface area contributed by atoms with Crippen molar-refractivity contribution < 1.29 is 18.0 Å². The van der Waals surface area contributed by atoms with E-state index >= 15 is 0 Å². The monoisotopic (exact) mass is 375 g/mol. The minimum absolute atomic E-state index is 0.00622. The Morgan fingerprint density at radius 1 is 0.920 bits per heavy atom. The van der Waals surface area contributed by atoms with Crippen LogP contribution in [0.15, 0.2) is 47.4 Å². The SMILES string of the molecule is CCSCCNS(=O)(=O)c1ccc2c(c1)C(=O)c1ccccc1C2=O. The molecule has 0 fully saturated rings. The average Bonchev–Trinajstić information content (AvgIpc) is 2.63. The molecule has 1 aliphatic rings. The van der Waals surface area contributed by atoms with E-state index in [0.717, 1.165) is 5.75 Å². The molecule has 2 aromatic rings. The summed E-state index contributed by atoms with van der Waals surface area (Å²) < 4.78 is 27.3. The Balaban J connectivity index is 1.95. The lowest BCUT2D eigenvalue weighted by Crippen LogP contribution is -2.27. The quantitative estimate of drug-likeness (QED) is 0.670. The molecule has 0 atom stereocenters. The fraction of sp³-hybridized carbons (Fsp3) is 0.222. The second-order valence-electron chi connectivity index (χ2n) is 5.51. The molecule has 2 aromatic carbocycles. The minimum Gasteiger partial charge on any atom is -0.289 e. The third-order valence-electron chi connectivity index (χ3n) is 3.95. The number of hydrogen-bond acceptors (Lipinski definition) is 5. The Labute approximate surface area is 150 Å². The summed E-state index contributed by atoms with van der Waals surface area (Å²) >= 11 is 1.63. The van der Waals surface area contributed by atoms with Crippen LogP contribution in [0.25, 0.3) is 0 Å². The Hall–Kier alpha value is -1.96. The molecule has 0 saturated carbocycles. The summed E-state index contributed by atoms with van der Waals surface area (Å²) in [6, 6.07) is 10.7. The first kappa shape index (κ1) is 17.8. The number of fused-ring (bicyclic) bond motifs is 2. The molecule has 3 rings (SSSR count). The molecule has 1 N–H and O–H groups in total. The molecule has 0 saturated heterocycles. The normalized spacial score (nSPS) is 13.5. The lowest BCUT2D eigenvalue weighted by Gasteiger charge is -2.18. The molecule has 0 spiro atoms. The van der Waals surface area contributed by atoms with Crippen molar-refractivity contribution in [3.8, 4) is 0 Å². The van der Waals surface area contributed by atoms with Crippen LogP contribution < -0.4 is 4.72 Å². The third kappa shape index (κ3) is 3.40. The van der Waals surface area contributed by atoms with Gasteiger partial charge in [0.05, 0.1) is 4.90 Å². The highest BCUT2D eigenvalue weighted by atomic mass is 32.2. The number of benzene rings is 2. The number of carbonyl (C=O) groups is 2. The van der Waals surface area contributed by atoms with E-state index in [1.165, 1.54) is 18.2 Å². The Kier molecular flexibility index (Phi) is 5.08. The second kappa shape index (κ2) is 7.11. The van der Waals surface area contributed by atoms with Crippen LogP contribution >= 0.6 is 11.8 Å². The van der Waals surface area contributed by atoms with Gasteiger partial charge >= 0.3 is 0 Å². The minimum atomic E-state index is -3.72. The van der Waals surface area contributed by atoms with Crippen molar-refractivity contribution in [1.82, 2.24) is 4.72 Å². The summed E-state index contributed by atoms with van der Waals surface area (Å²) in [5.74, 6) is 0.993. The first-order valence-electron chi connectivity index (χ1n) is 7.85. The van der Waals surface area contributed by atoms with E-state index in [4.69, 9.17) is 0 Å². The van der Waals surface area contributed by atoms with Crippen LogP contribution in [0.4, 0.5) is 0 Å². The number of sulfonamides is 1. The van der Waals surface area contributed by atoms with Crippen LogP contribution in [0.5, 0.6) is 0 Å². The Morgan fingerprint density at radius 3 is 2.16 bits per heavy atom. The van der Waals surface area contributed by atoms with E-state index in [2.05, 4.69) is 4.72 Å². The molecule has 1 aliphatic carbocycles. The number of ketones is 2. The fourth-order valence-electron chi connectivity index (χ4n) is 2.72. The van der Waals surface area contributed by atoms with Crippen LogP contribution in [-0.4, -0.2) is 38.0 Å². The average molecular weight is 375 g/mol. The number of thioether (sulfide) groups is 1. The first-order valence-corrected chi connectivity index (χ1v) is 10.5. The summed E-state index contributed by atoms with van der Waals surface area (Å²) in [5, 5.41) is 0. The highest BCUT2D eigenvalue weighted by Crippen LogP contribution is 2.28. The van der Waals surface area contributed by atoms with Gasteiger partial charge in [0.2, 0.25) is 10.0 Å². The van der Waals surface area contributed by atoms with Gasteiger partial charge in [-0.15, -0.1) is 0 Å². The van der Waals surface area contributed by atoms with E-state index in [0.29, 0.717) is 23.4 Å². The van der Waals surface area contributed by atoms with Crippen LogP contribution in [0.1, 0.15) is 38.8 Å². The second-order valence-corrected chi connectivity index (χ2v) is 8.67. The van der Waals surface area contributed by atoms with Crippen molar-refractivity contribution in [2.75, 3.05) is 18.1 Å². The van der Waals surface area contributed by atoms with Crippen molar-refractivity contribution in [3.05, 3.63) is 64.7 Å². The zero-order chi connectivity index (χ0) is 18.0. The topological polar surface area (TPSA) is 80.3 Å². The molecule has 7 heteroatoms. The first-order chi connectivity index (χ1) is 12.0. The number of nitrogens with one attached hydrogen (secondary N) is 1. The summed E-state index contributed by atoms with van der Waals surface area (Å²) in [4.78, 5) is 25.2. The van der Waals surface area contributed by atoms with Crippen LogP contribution in [0, 0.1) is 0 Å². The largest absolute Gasteiger partial charge is 0.289 e. The summed E-state index contributed by atoms with van der Waals surface area (Å²) in [6.45, 7) is 2.32. The van der Waals surface area contributed by atoms with E-state index in [9.17, 15) is 18.0 Å². The maximum Gasteiger partial charge on any atom is 0.240 e. The summed E-state index contributed by atoms with van der Waals surface area (Å²) in [6.07, 6.45) is 0. The maximum atomic E-state index is 12.7. The molecule has 5 nitrogen and oxygen atoms in total. The van der Waals surface area contributed by atoms with Crippen LogP contribution in [-0.2, 0) is 10.0 Å². The van der Waals surface area contributed by atoms with E-state index in [-0.39, 0.29) is 27.6 Å². The van der Waals surface area contributed by atoms with Crippen molar-refractivity contribution >= 4 is 33.4 Å². The lowest BCUT2D eigenvalue weighted by atomic mass is 9.84. The van der Waals surface area contributed by atoms with Gasteiger partial charge < -0.3 is 0 Å². The van der Waals surface area contributed by atoms with Crippen molar-refractivity contribution in [1.29, 1.82) is 0 Å². The third-order valence-corrected chi connectivity index (χ3v) is 6.31. The summed E-state index contributed by atoms with van der Waals surface area (Å²) in [5.41, 5.74) is 1.03. The highest BCUT2D eigenvalue weighted by Gasteiger charge is 2.30. The number of carbonyl (C=O) groups excluding carboxylic acids is 2. The van der Waals surface area contributed by atoms with E-state index in [1.54, 1.807) is 36.0 Å². The number of hydrogen-bond donors (Lipinski definition) is 1. The molecule has 0 amide bonds. The van der Waals surface area contributed by atoms with Gasteiger partial charge in [0.1, 0.15) is 0 Å². The van der Waals surface area contributed by atoms with Gasteiger partial charge in [0, 0.05) is 34.6 Å². The summed E-state index contributed by atoms with van der Waals surface area (Å²) in [7, 11) is -3.72. The zero-order valence-electron chi connectivity index (χ0n) is 13.6. The van der Waals surface area contributed by atoms with E-state index in [1.807, 2.05) is 6.92 Å². The molecular weight excluding hydrogens is 358 g/mol. The van der Waals surface area contributed by atoms with Gasteiger partial charge in [-0.1, -0.05) is 31.2 Å². The van der Waals surface area contributed by atoms with Crippen molar-refractivity contribution in [2.45, 2.75) is 11.8 Å². The predicted octanol–water partition coefficient (Wildman–Crippen LogP) is 2.49. The molecule has 0 aromatic heterocycles. The van der Waals surface area contributed by atoms with Gasteiger partial charge in [-0.3, -0.25) is 9.59 Å². The zero-order valence-corrected chi connectivity index (χ0v) is 15.2. The molecule has 130 valence electrons. The smallest absolute Gasteiger partial charge is 0.240 e. The van der Waals surface area contributed by atoms with Crippen LogP contribution in [0.3, 0.4) is 0 Å². The van der Waals surface area contributed by atoms with Crippen LogP contribution in [0.2, 0.25) is 0 Å². The number of rotatable bonds is 6. The molecular formula is C18H17NO4S2. The van der Waals surface area contributed by atoms with Gasteiger partial charge in [-0.2, -0.15) is 11.8 Å². The van der Waals surface area contributed by atoms with Gasteiger partial charge in [0.25, 0.3) is 0 Å². The Morgan fingerprint density at radius 2 is 1.52 bits per heavy atom. The molecule has 0 aliphatic heterocycles. The highest BCUT2D eigenvalue weighted by molar-refractivity contribution is 7.99. The lowest BCUT2D eigenvalue weighted by molar-refractivity contribution is 0.0979. The molecule has 0 unspecified atom stereocenters. The molecule has 0 heterocycles. The molecule has 25 heavy (non-hydrogen) atoms. The predicted molar refractivity (Wildman–Crippen MR) is 97.9 cm³/mol.